The van der Waals surface area contributed by atoms with Gasteiger partial charge in [0.2, 0.25) is 5.91 Å². The molecule has 0 aliphatic heterocycles. The Morgan fingerprint density at radius 2 is 1.88 bits per heavy atom. The minimum Gasteiger partial charge on any atom is -0.345 e. The molecule has 4 heteroatoms. The molecule has 0 unspecified atom stereocenters. The summed E-state index contributed by atoms with van der Waals surface area (Å²) in [5, 5.41) is 0.772. The summed E-state index contributed by atoms with van der Waals surface area (Å²) < 4.78 is 2.17. The molecule has 2 rings (SSSR count). The van der Waals surface area contributed by atoms with E-state index in [1.807, 2.05) is 55.3 Å². The standard InChI is InChI=1S/C20H27ClN2O/c1-5-16(4)23(20(24)15(2)3)14-18-10-8-12-22(18)13-17-9-6-7-11-19(17)21/h6-12,15-16H,5,13-14H2,1-4H3/t16-/m1/s1. The van der Waals surface area contributed by atoms with Crippen molar-refractivity contribution in [2.24, 2.45) is 5.92 Å². The van der Waals surface area contributed by atoms with Crippen molar-refractivity contribution in [2.75, 3.05) is 0 Å². The molecule has 0 saturated carbocycles. The van der Waals surface area contributed by atoms with E-state index in [0.29, 0.717) is 13.1 Å². The molecule has 0 N–H and O–H groups in total. The highest BCUT2D eigenvalue weighted by Gasteiger charge is 2.22. The number of aromatic nitrogens is 1. The summed E-state index contributed by atoms with van der Waals surface area (Å²) in [5.41, 5.74) is 2.21. The molecule has 1 heterocycles. The molecule has 0 aliphatic carbocycles. The number of benzene rings is 1. The van der Waals surface area contributed by atoms with Crippen molar-refractivity contribution in [3.63, 3.8) is 0 Å². The summed E-state index contributed by atoms with van der Waals surface area (Å²) in [6, 6.07) is 12.2. The molecule has 0 spiro atoms. The van der Waals surface area contributed by atoms with Crippen molar-refractivity contribution in [2.45, 2.75) is 53.2 Å². The largest absolute Gasteiger partial charge is 0.345 e. The molecule has 0 aliphatic rings. The van der Waals surface area contributed by atoms with Crippen LogP contribution < -0.4 is 0 Å². The first kappa shape index (κ1) is 18.6. The van der Waals surface area contributed by atoms with E-state index in [-0.39, 0.29) is 17.9 Å². The molecule has 0 fully saturated rings. The fourth-order valence-corrected chi connectivity index (χ4v) is 2.93. The molecular formula is C20H27ClN2O. The van der Waals surface area contributed by atoms with Crippen LogP contribution in [0.4, 0.5) is 0 Å². The van der Waals surface area contributed by atoms with Gasteiger partial charge in [-0.3, -0.25) is 4.79 Å². The van der Waals surface area contributed by atoms with Crippen LogP contribution in [0, 0.1) is 5.92 Å². The predicted octanol–water partition coefficient (Wildman–Crippen LogP) is 4.97. The van der Waals surface area contributed by atoms with E-state index in [4.69, 9.17) is 11.6 Å². The van der Waals surface area contributed by atoms with E-state index in [2.05, 4.69) is 24.5 Å². The number of carbonyl (C=O) groups excluding carboxylic acids is 1. The van der Waals surface area contributed by atoms with Crippen molar-refractivity contribution in [3.8, 4) is 0 Å². The van der Waals surface area contributed by atoms with Crippen LogP contribution in [-0.2, 0) is 17.9 Å². The maximum Gasteiger partial charge on any atom is 0.225 e. The molecule has 1 aromatic heterocycles. The molecule has 1 aromatic carbocycles. The zero-order chi connectivity index (χ0) is 17.7. The van der Waals surface area contributed by atoms with Gasteiger partial charge in [-0.1, -0.05) is 50.6 Å². The van der Waals surface area contributed by atoms with Crippen LogP contribution in [-0.4, -0.2) is 21.4 Å². The Morgan fingerprint density at radius 3 is 2.50 bits per heavy atom. The van der Waals surface area contributed by atoms with Gasteiger partial charge in [0.05, 0.1) is 6.54 Å². The second kappa shape index (κ2) is 8.39. The second-order valence-electron chi connectivity index (χ2n) is 6.60. The third-order valence-electron chi connectivity index (χ3n) is 4.45. The van der Waals surface area contributed by atoms with Gasteiger partial charge in [0.15, 0.2) is 0 Å². The highest BCUT2D eigenvalue weighted by molar-refractivity contribution is 6.31. The molecule has 0 saturated heterocycles. The normalized spacial score (nSPS) is 12.4. The SMILES string of the molecule is CC[C@@H](C)N(Cc1cccn1Cc1ccccc1Cl)C(=O)C(C)C. The topological polar surface area (TPSA) is 25.2 Å². The van der Waals surface area contributed by atoms with Gasteiger partial charge in [-0.2, -0.15) is 0 Å². The Kier molecular flexibility index (Phi) is 6.50. The van der Waals surface area contributed by atoms with Crippen LogP contribution in [0.25, 0.3) is 0 Å². The summed E-state index contributed by atoms with van der Waals surface area (Å²) in [6.07, 6.45) is 3.00. The van der Waals surface area contributed by atoms with E-state index in [9.17, 15) is 4.79 Å². The monoisotopic (exact) mass is 346 g/mol. The summed E-state index contributed by atoms with van der Waals surface area (Å²) in [7, 11) is 0. The summed E-state index contributed by atoms with van der Waals surface area (Å²) in [4.78, 5) is 14.6. The number of hydrogen-bond acceptors (Lipinski definition) is 1. The smallest absolute Gasteiger partial charge is 0.225 e. The van der Waals surface area contributed by atoms with Crippen molar-refractivity contribution in [1.82, 2.24) is 9.47 Å². The lowest BCUT2D eigenvalue weighted by Gasteiger charge is -2.30. The van der Waals surface area contributed by atoms with E-state index < -0.39 is 0 Å². The van der Waals surface area contributed by atoms with Gasteiger partial charge in [0.25, 0.3) is 0 Å². The Bertz CT molecular complexity index is 678. The lowest BCUT2D eigenvalue weighted by atomic mass is 10.1. The first-order valence-corrected chi connectivity index (χ1v) is 8.99. The van der Waals surface area contributed by atoms with Crippen LogP contribution in [0.1, 0.15) is 45.4 Å². The van der Waals surface area contributed by atoms with Gasteiger partial charge in [-0.25, -0.2) is 0 Å². The Hall–Kier alpha value is -1.74. The number of halogens is 1. The average Bonchev–Trinajstić information content (AvgIpc) is 3.00. The van der Waals surface area contributed by atoms with Crippen molar-refractivity contribution in [1.29, 1.82) is 0 Å². The number of carbonyl (C=O) groups is 1. The Balaban J connectivity index is 2.22. The van der Waals surface area contributed by atoms with Crippen molar-refractivity contribution >= 4 is 17.5 Å². The first-order chi connectivity index (χ1) is 11.4. The average molecular weight is 347 g/mol. The lowest BCUT2D eigenvalue weighted by molar-refractivity contribution is -0.137. The quantitative estimate of drug-likeness (QED) is 0.694. The lowest BCUT2D eigenvalue weighted by Crippen LogP contribution is -2.40. The Morgan fingerprint density at radius 1 is 1.17 bits per heavy atom. The van der Waals surface area contributed by atoms with Crippen LogP contribution in [0.5, 0.6) is 0 Å². The van der Waals surface area contributed by atoms with Crippen LogP contribution in [0.3, 0.4) is 0 Å². The Labute approximate surface area is 150 Å². The molecular weight excluding hydrogens is 320 g/mol. The molecule has 3 nitrogen and oxygen atoms in total. The molecule has 130 valence electrons. The van der Waals surface area contributed by atoms with Crippen LogP contribution in [0.2, 0.25) is 5.02 Å². The number of rotatable bonds is 7. The van der Waals surface area contributed by atoms with Crippen LogP contribution >= 0.6 is 11.6 Å². The third kappa shape index (κ3) is 4.41. The zero-order valence-electron chi connectivity index (χ0n) is 15.0. The molecule has 1 atom stereocenters. The van der Waals surface area contributed by atoms with Gasteiger partial charge in [-0.15, -0.1) is 0 Å². The third-order valence-corrected chi connectivity index (χ3v) is 4.82. The summed E-state index contributed by atoms with van der Waals surface area (Å²) in [6.45, 7) is 9.49. The van der Waals surface area contributed by atoms with Gasteiger partial charge in [-0.05, 0) is 37.1 Å². The van der Waals surface area contributed by atoms with E-state index >= 15 is 0 Å². The van der Waals surface area contributed by atoms with Gasteiger partial charge < -0.3 is 9.47 Å². The maximum atomic E-state index is 12.6. The van der Waals surface area contributed by atoms with E-state index in [1.165, 1.54) is 0 Å². The highest BCUT2D eigenvalue weighted by atomic mass is 35.5. The van der Waals surface area contributed by atoms with E-state index in [0.717, 1.165) is 22.7 Å². The fourth-order valence-electron chi connectivity index (χ4n) is 2.73. The van der Waals surface area contributed by atoms with E-state index in [1.54, 1.807) is 0 Å². The number of hydrogen-bond donors (Lipinski definition) is 0. The minimum atomic E-state index is 0.00554. The second-order valence-corrected chi connectivity index (χ2v) is 7.00. The minimum absolute atomic E-state index is 0.00554. The fraction of sp³-hybridized carbons (Fsp3) is 0.450. The molecule has 0 bridgehead atoms. The van der Waals surface area contributed by atoms with Gasteiger partial charge in [0.1, 0.15) is 0 Å². The van der Waals surface area contributed by atoms with Gasteiger partial charge in [0, 0.05) is 35.4 Å². The molecule has 2 aromatic rings. The maximum absolute atomic E-state index is 12.6. The predicted molar refractivity (Wildman–Crippen MR) is 100 cm³/mol. The first-order valence-electron chi connectivity index (χ1n) is 8.62. The number of nitrogens with zero attached hydrogens (tertiary/aromatic N) is 2. The van der Waals surface area contributed by atoms with Crippen molar-refractivity contribution < 1.29 is 4.79 Å². The highest BCUT2D eigenvalue weighted by Crippen LogP contribution is 2.19. The summed E-state index contributed by atoms with van der Waals surface area (Å²) in [5.74, 6) is 0.209. The van der Waals surface area contributed by atoms with Crippen molar-refractivity contribution in [3.05, 3.63) is 58.9 Å². The zero-order valence-corrected chi connectivity index (χ0v) is 15.8. The number of amides is 1. The van der Waals surface area contributed by atoms with Crippen LogP contribution in [0.15, 0.2) is 42.6 Å². The molecule has 24 heavy (non-hydrogen) atoms. The molecule has 0 radical (unpaired) electrons. The summed E-state index contributed by atoms with van der Waals surface area (Å²) >= 11 is 6.29. The molecule has 1 amide bonds. The van der Waals surface area contributed by atoms with Gasteiger partial charge >= 0.3 is 0 Å².